The zero-order chi connectivity index (χ0) is 32.3. The van der Waals surface area contributed by atoms with Gasteiger partial charge in [-0.3, -0.25) is 4.79 Å². The number of unbranched alkanes of at least 4 members (excludes halogenated alkanes) is 2. The van der Waals surface area contributed by atoms with Crippen LogP contribution in [-0.4, -0.2) is 69.8 Å². The molecule has 1 amide bonds. The molecule has 2 aromatic carbocycles. The Morgan fingerprint density at radius 2 is 1.59 bits per heavy atom. The number of nitrogens with one attached hydrogen (secondary N) is 1. The average Bonchev–Trinajstić information content (AvgIpc) is 3.54. The van der Waals surface area contributed by atoms with Crippen molar-refractivity contribution < 1.29 is 28.1 Å². The maximum absolute atomic E-state index is 13.6. The second kappa shape index (κ2) is 16.9. The summed E-state index contributed by atoms with van der Waals surface area (Å²) in [6.45, 7) is 2.53. The highest BCUT2D eigenvalue weighted by Gasteiger charge is 2.40. The van der Waals surface area contributed by atoms with Gasteiger partial charge in [-0.15, -0.1) is 0 Å². The molecular weight excluding hydrogens is 585 g/mol. The van der Waals surface area contributed by atoms with Crippen molar-refractivity contribution in [3.05, 3.63) is 65.5 Å². The molecule has 1 aliphatic carbocycles. The van der Waals surface area contributed by atoms with Crippen LogP contribution in [0.4, 0.5) is 4.39 Å². The lowest BCUT2D eigenvalue weighted by Gasteiger charge is -2.37. The van der Waals surface area contributed by atoms with Gasteiger partial charge in [0.1, 0.15) is 11.6 Å². The van der Waals surface area contributed by atoms with Gasteiger partial charge in [0, 0.05) is 18.0 Å². The average molecular weight is 636 g/mol. The molecule has 1 fully saturated rings. The Kier molecular flexibility index (Phi) is 12.5. The van der Waals surface area contributed by atoms with Crippen LogP contribution in [0.15, 0.2) is 53.7 Å². The summed E-state index contributed by atoms with van der Waals surface area (Å²) in [5.74, 6) is 2.03. The van der Waals surface area contributed by atoms with Crippen LogP contribution in [0.3, 0.4) is 0 Å². The third-order valence-corrected chi connectivity index (χ3v) is 9.54. The van der Waals surface area contributed by atoms with Crippen LogP contribution in [0.25, 0.3) is 0 Å². The highest BCUT2D eigenvalue weighted by atomic mass is 19.1. The highest BCUT2D eigenvalue weighted by Crippen LogP contribution is 2.37. The number of allylic oxidation sites excluding steroid dienone is 2. The molecule has 0 aromatic heterocycles. The largest absolute Gasteiger partial charge is 0.496 e. The van der Waals surface area contributed by atoms with E-state index >= 15 is 0 Å². The molecule has 1 N–H and O–H groups in total. The van der Waals surface area contributed by atoms with Crippen molar-refractivity contribution in [1.82, 2.24) is 10.3 Å². The monoisotopic (exact) mass is 635 g/mol. The summed E-state index contributed by atoms with van der Waals surface area (Å²) >= 11 is 0. The minimum Gasteiger partial charge on any atom is -0.496 e. The number of fused-ring (bicyclic) bond motifs is 1. The second-order valence-electron chi connectivity index (χ2n) is 12.6. The van der Waals surface area contributed by atoms with Crippen LogP contribution in [0.5, 0.6) is 17.2 Å². The van der Waals surface area contributed by atoms with E-state index < -0.39 is 0 Å². The first kappa shape index (κ1) is 33.9. The van der Waals surface area contributed by atoms with Gasteiger partial charge >= 0.3 is 0 Å². The second-order valence-corrected chi connectivity index (χ2v) is 12.6. The Morgan fingerprint density at radius 3 is 2.37 bits per heavy atom. The number of hydrogen-bond acceptors (Lipinski definition) is 7. The predicted octanol–water partition coefficient (Wildman–Crippen LogP) is 6.70. The molecule has 3 aliphatic rings. The Labute approximate surface area is 273 Å². The SMILES string of the molecule is COc1ccc(F)cc1CCCC1CCC(CCNCCCCCN2N=C(c3ccc(OC)c(OC)c3)[C@H]3CC=CC[C@H]3C2=O)O1. The van der Waals surface area contributed by atoms with Crippen LogP contribution in [0, 0.1) is 17.7 Å². The number of aryl methyl sites for hydroxylation is 1. The number of halogens is 1. The molecule has 0 spiro atoms. The number of carbonyl (C=O) groups excluding carboxylic acids is 1. The molecule has 2 aromatic rings. The number of methoxy groups -OCH3 is 3. The van der Waals surface area contributed by atoms with Crippen LogP contribution in [0.1, 0.15) is 75.3 Å². The molecule has 5 rings (SSSR count). The molecule has 8 nitrogen and oxygen atoms in total. The van der Waals surface area contributed by atoms with E-state index in [1.165, 1.54) is 6.07 Å². The molecule has 46 heavy (non-hydrogen) atoms. The summed E-state index contributed by atoms with van der Waals surface area (Å²) in [5, 5.41) is 10.2. The molecular formula is C37H50FN3O5. The smallest absolute Gasteiger partial charge is 0.246 e. The number of carbonyl (C=O) groups is 1. The Balaban J connectivity index is 0.991. The van der Waals surface area contributed by atoms with Gasteiger partial charge in [0.25, 0.3) is 0 Å². The van der Waals surface area contributed by atoms with Crippen LogP contribution in [-0.2, 0) is 16.0 Å². The van der Waals surface area contributed by atoms with E-state index in [0.717, 1.165) is 106 Å². The highest BCUT2D eigenvalue weighted by molar-refractivity contribution is 6.07. The van der Waals surface area contributed by atoms with Crippen molar-refractivity contribution in [3.63, 3.8) is 0 Å². The number of amides is 1. The van der Waals surface area contributed by atoms with E-state index in [1.54, 1.807) is 38.5 Å². The lowest BCUT2D eigenvalue weighted by Crippen LogP contribution is -2.45. The fourth-order valence-corrected chi connectivity index (χ4v) is 7.01. The van der Waals surface area contributed by atoms with Gasteiger partial charge in [0.05, 0.1) is 45.2 Å². The van der Waals surface area contributed by atoms with E-state index in [1.807, 2.05) is 18.2 Å². The van der Waals surface area contributed by atoms with Crippen molar-refractivity contribution in [2.24, 2.45) is 16.9 Å². The van der Waals surface area contributed by atoms with E-state index in [0.29, 0.717) is 24.1 Å². The number of benzene rings is 2. The molecule has 2 aliphatic heterocycles. The van der Waals surface area contributed by atoms with Crippen molar-refractivity contribution in [1.29, 1.82) is 0 Å². The normalized spacial score (nSPS) is 22.5. The Hall–Kier alpha value is -3.43. The maximum Gasteiger partial charge on any atom is 0.246 e. The number of rotatable bonds is 17. The number of nitrogens with zero attached hydrogens (tertiary/aromatic N) is 2. The lowest BCUT2D eigenvalue weighted by atomic mass is 9.76. The van der Waals surface area contributed by atoms with Crippen molar-refractivity contribution in [3.8, 4) is 17.2 Å². The first-order valence-corrected chi connectivity index (χ1v) is 17.0. The standard InChI is InChI=1S/C37H50FN3O5/c1-43-33-19-15-28(38)24-26(33)10-9-11-29-16-17-30(46-29)20-22-39-21-7-4-8-23-41-37(42)32-13-6-5-12-31(32)36(40-41)27-14-18-34(44-2)35(25-27)45-3/h5-6,14-15,18-19,24-25,29-32,39H,4,7-13,16-17,20-23H2,1-3H3/t29?,30?,31-,32+/m0/s1. The van der Waals surface area contributed by atoms with Gasteiger partial charge in [-0.2, -0.15) is 5.10 Å². The van der Waals surface area contributed by atoms with E-state index in [4.69, 9.17) is 24.0 Å². The summed E-state index contributed by atoms with van der Waals surface area (Å²) in [6, 6.07) is 10.6. The zero-order valence-corrected chi connectivity index (χ0v) is 27.6. The molecule has 0 bridgehead atoms. The van der Waals surface area contributed by atoms with E-state index in [9.17, 15) is 9.18 Å². The van der Waals surface area contributed by atoms with Gasteiger partial charge < -0.3 is 24.3 Å². The summed E-state index contributed by atoms with van der Waals surface area (Å²) in [4.78, 5) is 13.4. The van der Waals surface area contributed by atoms with Crippen LogP contribution >= 0.6 is 0 Å². The number of hydrazone groups is 1. The third kappa shape index (κ3) is 8.68. The molecule has 2 heterocycles. The molecule has 0 saturated carbocycles. The van der Waals surface area contributed by atoms with Gasteiger partial charge in [-0.25, -0.2) is 9.40 Å². The third-order valence-electron chi connectivity index (χ3n) is 9.54. The zero-order valence-electron chi connectivity index (χ0n) is 27.6. The Morgan fingerprint density at radius 1 is 0.848 bits per heavy atom. The van der Waals surface area contributed by atoms with Crippen molar-refractivity contribution in [2.75, 3.05) is 41.0 Å². The van der Waals surface area contributed by atoms with Gasteiger partial charge in [0.2, 0.25) is 5.91 Å². The lowest BCUT2D eigenvalue weighted by molar-refractivity contribution is -0.137. The molecule has 1 saturated heterocycles. The van der Waals surface area contributed by atoms with Crippen LogP contribution in [0.2, 0.25) is 0 Å². The van der Waals surface area contributed by atoms with Crippen molar-refractivity contribution >= 4 is 11.6 Å². The predicted molar refractivity (Wildman–Crippen MR) is 178 cm³/mol. The molecule has 9 heteroatoms. The minimum absolute atomic E-state index is 0.0679. The van der Waals surface area contributed by atoms with E-state index in [-0.39, 0.29) is 29.7 Å². The van der Waals surface area contributed by atoms with Gasteiger partial charge in [0.15, 0.2) is 11.5 Å². The summed E-state index contributed by atoms with van der Waals surface area (Å²) in [7, 11) is 4.90. The molecule has 2 unspecified atom stereocenters. The Bertz CT molecular complexity index is 1360. The van der Waals surface area contributed by atoms with Crippen LogP contribution < -0.4 is 19.5 Å². The first-order chi connectivity index (χ1) is 22.5. The summed E-state index contributed by atoms with van der Waals surface area (Å²) in [6.07, 6.45) is 15.4. The fourth-order valence-electron chi connectivity index (χ4n) is 7.01. The summed E-state index contributed by atoms with van der Waals surface area (Å²) in [5.41, 5.74) is 2.86. The van der Waals surface area contributed by atoms with Gasteiger partial charge in [-0.1, -0.05) is 18.6 Å². The fraction of sp³-hybridized carbons (Fsp3) is 0.568. The maximum atomic E-state index is 13.6. The topological polar surface area (TPSA) is 81.6 Å². The number of ether oxygens (including phenoxy) is 4. The molecule has 250 valence electrons. The molecule has 4 atom stereocenters. The van der Waals surface area contributed by atoms with Gasteiger partial charge in [-0.05, 0) is 119 Å². The van der Waals surface area contributed by atoms with E-state index in [2.05, 4.69) is 17.5 Å². The quantitative estimate of drug-likeness (QED) is 0.154. The first-order valence-electron chi connectivity index (χ1n) is 17.0. The summed E-state index contributed by atoms with van der Waals surface area (Å²) < 4.78 is 36.3. The number of hydrogen-bond donors (Lipinski definition) is 1. The van der Waals surface area contributed by atoms with Crippen molar-refractivity contribution in [2.45, 2.75) is 82.8 Å². The minimum atomic E-state index is -0.219. The molecule has 0 radical (unpaired) electrons.